The van der Waals surface area contributed by atoms with Crippen molar-refractivity contribution in [2.75, 3.05) is 6.26 Å². The van der Waals surface area contributed by atoms with Gasteiger partial charge in [0.15, 0.2) is 0 Å². The second-order valence-electron chi connectivity index (χ2n) is 3.26. The molecule has 0 rings (SSSR count). The quantitative estimate of drug-likeness (QED) is 0.683. The number of hydrogen-bond donors (Lipinski definition) is 1. The van der Waals surface area contributed by atoms with Crippen molar-refractivity contribution in [2.24, 2.45) is 5.92 Å². The van der Waals surface area contributed by atoms with E-state index >= 15 is 0 Å². The summed E-state index contributed by atoms with van der Waals surface area (Å²) in [6.07, 6.45) is 1.61. The van der Waals surface area contributed by atoms with Gasteiger partial charge in [-0.05, 0) is 12.3 Å². The fraction of sp³-hybridized carbons (Fsp3) is 1.00. The van der Waals surface area contributed by atoms with Crippen molar-refractivity contribution in [3.05, 3.63) is 0 Å². The lowest BCUT2D eigenvalue weighted by atomic mass is 10.0. The molecule has 74 valence electrons. The van der Waals surface area contributed by atoms with Gasteiger partial charge >= 0.3 is 0 Å². The minimum Gasteiger partial charge on any atom is -0.299 e. The van der Waals surface area contributed by atoms with Crippen LogP contribution in [0.2, 0.25) is 0 Å². The van der Waals surface area contributed by atoms with Crippen molar-refractivity contribution >= 4 is 10.0 Å². The standard InChI is InChI=1S/C7H17NO3S/c1-5-7(6(2)3)8(9)12(4,10)11/h6-7,9H,5H2,1-4H3. The summed E-state index contributed by atoms with van der Waals surface area (Å²) in [4.78, 5) is 0. The average Bonchev–Trinajstić information content (AvgIpc) is 1.86. The monoisotopic (exact) mass is 195 g/mol. The number of nitrogens with zero attached hydrogens (tertiary/aromatic N) is 1. The predicted molar refractivity (Wildman–Crippen MR) is 47.4 cm³/mol. The zero-order chi connectivity index (χ0) is 9.94. The van der Waals surface area contributed by atoms with Gasteiger partial charge in [-0.15, -0.1) is 0 Å². The second-order valence-corrected chi connectivity index (χ2v) is 5.10. The molecule has 0 fully saturated rings. The Morgan fingerprint density at radius 2 is 1.83 bits per heavy atom. The third-order valence-corrected chi connectivity index (χ3v) is 2.76. The molecule has 0 radical (unpaired) electrons. The van der Waals surface area contributed by atoms with Crippen LogP contribution in [0.1, 0.15) is 27.2 Å². The summed E-state index contributed by atoms with van der Waals surface area (Å²) in [6, 6.07) is -0.319. The van der Waals surface area contributed by atoms with E-state index in [1.165, 1.54) is 0 Å². The van der Waals surface area contributed by atoms with E-state index < -0.39 is 10.0 Å². The van der Waals surface area contributed by atoms with Gasteiger partial charge in [0.25, 0.3) is 0 Å². The fourth-order valence-corrected chi connectivity index (χ4v) is 2.01. The van der Waals surface area contributed by atoms with Gasteiger partial charge in [-0.25, -0.2) is 8.42 Å². The molecule has 0 aromatic rings. The Labute approximate surface area is 74.2 Å². The number of rotatable bonds is 4. The molecule has 0 aliphatic heterocycles. The van der Waals surface area contributed by atoms with Crippen LogP contribution in [0.4, 0.5) is 0 Å². The Kier molecular flexibility index (Phi) is 4.16. The number of hydroxylamine groups is 1. The van der Waals surface area contributed by atoms with E-state index in [9.17, 15) is 13.6 Å². The summed E-state index contributed by atoms with van der Waals surface area (Å²) in [5, 5.41) is 9.26. The minimum atomic E-state index is -3.47. The summed E-state index contributed by atoms with van der Waals surface area (Å²) < 4.78 is 22.3. The lowest BCUT2D eigenvalue weighted by molar-refractivity contribution is -0.0508. The van der Waals surface area contributed by atoms with Gasteiger partial charge < -0.3 is 0 Å². The molecule has 1 atom stereocenters. The van der Waals surface area contributed by atoms with Crippen molar-refractivity contribution < 1.29 is 13.6 Å². The molecule has 0 saturated heterocycles. The first kappa shape index (κ1) is 11.9. The largest absolute Gasteiger partial charge is 0.299 e. The Hall–Kier alpha value is -0.130. The third kappa shape index (κ3) is 3.08. The maximum absolute atomic E-state index is 10.9. The Bertz CT molecular complexity index is 223. The molecule has 0 aromatic heterocycles. The van der Waals surface area contributed by atoms with Gasteiger partial charge in [0, 0.05) is 0 Å². The molecule has 4 nitrogen and oxygen atoms in total. The van der Waals surface area contributed by atoms with Crippen LogP contribution in [0, 0.1) is 5.92 Å². The fourth-order valence-electron chi connectivity index (χ4n) is 1.13. The van der Waals surface area contributed by atoms with Crippen LogP contribution in [-0.4, -0.2) is 30.4 Å². The van der Waals surface area contributed by atoms with E-state index in [1.807, 2.05) is 20.8 Å². The van der Waals surface area contributed by atoms with Gasteiger partial charge in [0.1, 0.15) is 0 Å². The van der Waals surface area contributed by atoms with Crippen molar-refractivity contribution in [1.29, 1.82) is 0 Å². The lowest BCUT2D eigenvalue weighted by Gasteiger charge is -2.25. The van der Waals surface area contributed by atoms with E-state index in [0.29, 0.717) is 10.9 Å². The lowest BCUT2D eigenvalue weighted by Crippen LogP contribution is -2.39. The summed E-state index contributed by atoms with van der Waals surface area (Å²) in [5.74, 6) is 0.120. The molecule has 0 aliphatic carbocycles. The SMILES string of the molecule is CCC(C(C)C)N(O)S(C)(=O)=O. The first-order chi connectivity index (χ1) is 5.30. The maximum Gasteiger partial charge on any atom is 0.233 e. The van der Waals surface area contributed by atoms with Crippen molar-refractivity contribution in [2.45, 2.75) is 33.2 Å². The molecule has 0 aromatic carbocycles. The topological polar surface area (TPSA) is 57.6 Å². The van der Waals surface area contributed by atoms with Crippen LogP contribution in [0.25, 0.3) is 0 Å². The van der Waals surface area contributed by atoms with E-state index in [4.69, 9.17) is 0 Å². The van der Waals surface area contributed by atoms with Crippen LogP contribution in [-0.2, 0) is 10.0 Å². The van der Waals surface area contributed by atoms with Crippen LogP contribution < -0.4 is 0 Å². The molecule has 12 heavy (non-hydrogen) atoms. The van der Waals surface area contributed by atoms with Crippen LogP contribution in [0.3, 0.4) is 0 Å². The molecule has 0 bridgehead atoms. The second kappa shape index (κ2) is 4.20. The molecule has 5 heteroatoms. The van der Waals surface area contributed by atoms with Crippen LogP contribution in [0.15, 0.2) is 0 Å². The molecule has 0 saturated carbocycles. The van der Waals surface area contributed by atoms with E-state index in [-0.39, 0.29) is 12.0 Å². The zero-order valence-electron chi connectivity index (χ0n) is 7.98. The highest BCUT2D eigenvalue weighted by Crippen LogP contribution is 2.14. The van der Waals surface area contributed by atoms with E-state index in [0.717, 1.165) is 6.26 Å². The van der Waals surface area contributed by atoms with E-state index in [2.05, 4.69) is 0 Å². The number of sulfonamides is 1. The van der Waals surface area contributed by atoms with Crippen LogP contribution in [0.5, 0.6) is 0 Å². The third-order valence-electron chi connectivity index (χ3n) is 1.81. The summed E-state index contributed by atoms with van der Waals surface area (Å²) in [7, 11) is -3.47. The van der Waals surface area contributed by atoms with Gasteiger partial charge in [0.05, 0.1) is 12.3 Å². The molecular formula is C7H17NO3S. The van der Waals surface area contributed by atoms with Crippen LogP contribution >= 0.6 is 0 Å². The zero-order valence-corrected chi connectivity index (χ0v) is 8.80. The average molecular weight is 195 g/mol. The Balaban J connectivity index is 4.54. The summed E-state index contributed by atoms with van der Waals surface area (Å²) in [5.41, 5.74) is 0. The summed E-state index contributed by atoms with van der Waals surface area (Å²) >= 11 is 0. The number of hydrogen-bond acceptors (Lipinski definition) is 3. The molecular weight excluding hydrogens is 178 g/mol. The van der Waals surface area contributed by atoms with Gasteiger partial charge in [0.2, 0.25) is 10.0 Å². The molecule has 1 N–H and O–H groups in total. The van der Waals surface area contributed by atoms with Crippen molar-refractivity contribution in [3.8, 4) is 0 Å². The molecule has 1 unspecified atom stereocenters. The smallest absolute Gasteiger partial charge is 0.233 e. The highest BCUT2D eigenvalue weighted by molar-refractivity contribution is 7.88. The normalized spacial score (nSPS) is 15.6. The molecule has 0 amide bonds. The van der Waals surface area contributed by atoms with Crippen molar-refractivity contribution in [1.82, 2.24) is 4.47 Å². The van der Waals surface area contributed by atoms with Gasteiger partial charge in [-0.3, -0.25) is 5.21 Å². The Morgan fingerprint density at radius 1 is 1.42 bits per heavy atom. The molecule has 0 aliphatic rings. The van der Waals surface area contributed by atoms with Crippen molar-refractivity contribution in [3.63, 3.8) is 0 Å². The first-order valence-electron chi connectivity index (χ1n) is 3.99. The van der Waals surface area contributed by atoms with E-state index in [1.54, 1.807) is 0 Å². The Morgan fingerprint density at radius 3 is 1.92 bits per heavy atom. The highest BCUT2D eigenvalue weighted by Gasteiger charge is 2.25. The summed E-state index contributed by atoms with van der Waals surface area (Å²) in [6.45, 7) is 5.60. The predicted octanol–water partition coefficient (Wildman–Crippen LogP) is 1.07. The molecule has 0 spiro atoms. The first-order valence-corrected chi connectivity index (χ1v) is 5.83. The molecule has 0 heterocycles. The van der Waals surface area contributed by atoms with Gasteiger partial charge in [-0.2, -0.15) is 0 Å². The maximum atomic E-state index is 10.9. The highest BCUT2D eigenvalue weighted by atomic mass is 32.2. The van der Waals surface area contributed by atoms with Gasteiger partial charge in [-0.1, -0.05) is 25.2 Å². The minimum absolute atomic E-state index is 0.120.